The van der Waals surface area contributed by atoms with E-state index in [9.17, 15) is 0 Å². The number of likely N-dealkylation sites (tertiary alicyclic amines) is 1. The lowest BCUT2D eigenvalue weighted by Crippen LogP contribution is -2.45. The second-order valence-electron chi connectivity index (χ2n) is 5.81. The first kappa shape index (κ1) is 11.2. The second kappa shape index (κ2) is 4.17. The maximum atomic E-state index is 2.74. The van der Waals surface area contributed by atoms with Crippen LogP contribution in [0.25, 0.3) is 0 Å². The van der Waals surface area contributed by atoms with E-state index in [4.69, 9.17) is 0 Å². The van der Waals surface area contributed by atoms with Gasteiger partial charge in [0.25, 0.3) is 0 Å². The Kier molecular flexibility index (Phi) is 2.59. The average Bonchev–Trinajstić information content (AvgIpc) is 2.56. The third-order valence-corrected chi connectivity index (χ3v) is 5.83. The highest BCUT2D eigenvalue weighted by atomic mass is 32.2. The molecule has 0 amide bonds. The van der Waals surface area contributed by atoms with Crippen molar-refractivity contribution in [3.63, 3.8) is 0 Å². The third-order valence-electron chi connectivity index (χ3n) is 4.70. The Balaban J connectivity index is 1.84. The van der Waals surface area contributed by atoms with Gasteiger partial charge in [-0.1, -0.05) is 12.1 Å². The van der Waals surface area contributed by atoms with Crippen LogP contribution in [0.15, 0.2) is 23.1 Å². The Morgan fingerprint density at radius 2 is 2.22 bits per heavy atom. The number of likely N-dealkylation sites (N-methyl/N-ethyl adjacent to an activating group) is 1. The first-order valence-corrected chi connectivity index (χ1v) is 8.04. The second-order valence-corrected chi connectivity index (χ2v) is 6.95. The summed E-state index contributed by atoms with van der Waals surface area (Å²) in [7, 11) is 2.27. The van der Waals surface area contributed by atoms with Gasteiger partial charge in [0.1, 0.15) is 0 Å². The van der Waals surface area contributed by atoms with Crippen molar-refractivity contribution in [3.8, 4) is 0 Å². The van der Waals surface area contributed by atoms with Gasteiger partial charge >= 0.3 is 0 Å². The molecule has 96 valence electrons. The fraction of sp³-hybridized carbons (Fsp3) is 0.600. The normalized spacial score (nSPS) is 30.8. The molecule has 1 saturated heterocycles. The molecular formula is C15H20N2S. The number of anilines is 1. The van der Waals surface area contributed by atoms with Crippen molar-refractivity contribution in [1.29, 1.82) is 0 Å². The van der Waals surface area contributed by atoms with Crippen LogP contribution in [0.2, 0.25) is 0 Å². The minimum atomic E-state index is 0.748. The predicted octanol–water partition coefficient (Wildman–Crippen LogP) is 2.79. The van der Waals surface area contributed by atoms with Crippen LogP contribution in [0.4, 0.5) is 5.69 Å². The van der Waals surface area contributed by atoms with Crippen molar-refractivity contribution in [3.05, 3.63) is 23.8 Å². The fourth-order valence-electron chi connectivity index (χ4n) is 3.90. The number of nitrogens with zero attached hydrogens (tertiary/aromatic N) is 2. The molecule has 2 nitrogen and oxygen atoms in total. The molecule has 0 aromatic heterocycles. The number of fused-ring (bicyclic) bond motifs is 3. The zero-order valence-corrected chi connectivity index (χ0v) is 11.7. The SMILES string of the molecule is CN1CCC2C(C1)c1cccc3c1N2CCCS3. The lowest BCUT2D eigenvalue weighted by Gasteiger charge is -2.37. The van der Waals surface area contributed by atoms with Crippen LogP contribution in [0.5, 0.6) is 0 Å². The average molecular weight is 260 g/mol. The molecule has 0 saturated carbocycles. The molecule has 0 bridgehead atoms. The van der Waals surface area contributed by atoms with Crippen LogP contribution in [-0.4, -0.2) is 43.4 Å². The molecule has 3 heteroatoms. The number of rotatable bonds is 0. The fourth-order valence-corrected chi connectivity index (χ4v) is 4.94. The highest BCUT2D eigenvalue weighted by Gasteiger charge is 2.42. The Morgan fingerprint density at radius 3 is 3.17 bits per heavy atom. The Bertz CT molecular complexity index is 474. The van der Waals surface area contributed by atoms with Crippen LogP contribution in [0.1, 0.15) is 24.3 Å². The molecule has 1 fully saturated rings. The molecule has 18 heavy (non-hydrogen) atoms. The largest absolute Gasteiger partial charge is 0.367 e. The van der Waals surface area contributed by atoms with Gasteiger partial charge in [0.05, 0.1) is 5.69 Å². The lowest BCUT2D eigenvalue weighted by molar-refractivity contribution is 0.231. The van der Waals surface area contributed by atoms with Gasteiger partial charge in [-0.05, 0) is 43.8 Å². The summed E-state index contributed by atoms with van der Waals surface area (Å²) in [4.78, 5) is 6.77. The highest BCUT2D eigenvalue weighted by molar-refractivity contribution is 7.99. The maximum absolute atomic E-state index is 2.74. The van der Waals surface area contributed by atoms with Crippen molar-refractivity contribution >= 4 is 17.4 Å². The summed E-state index contributed by atoms with van der Waals surface area (Å²) in [5.74, 6) is 2.03. The topological polar surface area (TPSA) is 6.48 Å². The van der Waals surface area contributed by atoms with Crippen molar-refractivity contribution in [2.45, 2.75) is 29.7 Å². The third kappa shape index (κ3) is 1.53. The molecule has 0 aliphatic carbocycles. The van der Waals surface area contributed by atoms with E-state index in [1.54, 1.807) is 11.3 Å². The van der Waals surface area contributed by atoms with E-state index in [1.807, 2.05) is 0 Å². The van der Waals surface area contributed by atoms with Gasteiger partial charge in [0.2, 0.25) is 0 Å². The number of hydrogen-bond donors (Lipinski definition) is 0. The minimum Gasteiger partial charge on any atom is -0.367 e. The van der Waals surface area contributed by atoms with Crippen molar-refractivity contribution < 1.29 is 0 Å². The summed E-state index contributed by atoms with van der Waals surface area (Å²) in [5, 5.41) is 0. The molecule has 1 aromatic rings. The van der Waals surface area contributed by atoms with Gasteiger partial charge < -0.3 is 9.80 Å². The van der Waals surface area contributed by atoms with Crippen LogP contribution in [0.3, 0.4) is 0 Å². The maximum Gasteiger partial charge on any atom is 0.0543 e. The van der Waals surface area contributed by atoms with Gasteiger partial charge in [-0.15, -0.1) is 11.8 Å². The van der Waals surface area contributed by atoms with E-state index in [0.29, 0.717) is 0 Å². The number of benzene rings is 1. The molecular weight excluding hydrogens is 240 g/mol. The first-order chi connectivity index (χ1) is 8.84. The van der Waals surface area contributed by atoms with Crippen LogP contribution < -0.4 is 4.90 Å². The Labute approximate surface area is 113 Å². The smallest absolute Gasteiger partial charge is 0.0543 e. The van der Waals surface area contributed by atoms with Crippen molar-refractivity contribution in [2.75, 3.05) is 37.3 Å². The standard InChI is InChI=1S/C15H20N2S/c1-16-8-6-13-12(10-16)11-4-2-5-14-15(11)17(13)7-3-9-18-14/h2,4-5,12-13H,3,6-10H2,1H3. The molecule has 2 atom stereocenters. The van der Waals surface area contributed by atoms with Crippen molar-refractivity contribution in [1.82, 2.24) is 4.90 Å². The van der Waals surface area contributed by atoms with Gasteiger partial charge in [-0.2, -0.15) is 0 Å². The summed E-state index contributed by atoms with van der Waals surface area (Å²) in [6.45, 7) is 3.76. The quantitative estimate of drug-likeness (QED) is 0.708. The van der Waals surface area contributed by atoms with E-state index in [2.05, 4.69) is 46.8 Å². The highest BCUT2D eigenvalue weighted by Crippen LogP contribution is 2.49. The number of hydrogen-bond acceptors (Lipinski definition) is 3. The van der Waals surface area contributed by atoms with Gasteiger partial charge in [0.15, 0.2) is 0 Å². The monoisotopic (exact) mass is 260 g/mol. The van der Waals surface area contributed by atoms with Gasteiger partial charge in [-0.25, -0.2) is 0 Å². The Morgan fingerprint density at radius 1 is 1.28 bits per heavy atom. The zero-order valence-electron chi connectivity index (χ0n) is 10.9. The predicted molar refractivity (Wildman–Crippen MR) is 77.8 cm³/mol. The number of thioether (sulfide) groups is 1. The summed E-state index contributed by atoms with van der Waals surface area (Å²) in [6, 6.07) is 7.74. The summed E-state index contributed by atoms with van der Waals surface area (Å²) in [6.07, 6.45) is 2.66. The molecule has 0 radical (unpaired) electrons. The van der Waals surface area contributed by atoms with E-state index in [1.165, 1.54) is 43.1 Å². The molecule has 0 spiro atoms. The van der Waals surface area contributed by atoms with E-state index >= 15 is 0 Å². The molecule has 3 aliphatic rings. The summed E-state index contributed by atoms with van der Waals surface area (Å²) in [5.41, 5.74) is 3.21. The molecule has 3 aliphatic heterocycles. The molecule has 1 aromatic carbocycles. The van der Waals surface area contributed by atoms with Gasteiger partial charge in [0, 0.05) is 29.9 Å². The first-order valence-electron chi connectivity index (χ1n) is 7.05. The molecule has 3 heterocycles. The van der Waals surface area contributed by atoms with Crippen molar-refractivity contribution in [2.24, 2.45) is 0 Å². The van der Waals surface area contributed by atoms with Gasteiger partial charge in [-0.3, -0.25) is 0 Å². The molecule has 2 unspecified atom stereocenters. The summed E-state index contributed by atoms with van der Waals surface area (Å²) < 4.78 is 0. The van der Waals surface area contributed by atoms with E-state index in [0.717, 1.165) is 12.0 Å². The van der Waals surface area contributed by atoms with E-state index in [-0.39, 0.29) is 0 Å². The van der Waals surface area contributed by atoms with Crippen LogP contribution in [0, 0.1) is 0 Å². The molecule has 0 N–H and O–H groups in total. The molecule has 4 rings (SSSR count). The number of piperidine rings is 1. The Hall–Kier alpha value is -0.670. The van der Waals surface area contributed by atoms with Crippen LogP contribution >= 0.6 is 11.8 Å². The summed E-state index contributed by atoms with van der Waals surface area (Å²) >= 11 is 2.06. The zero-order chi connectivity index (χ0) is 12.1. The lowest BCUT2D eigenvalue weighted by atomic mass is 9.89. The minimum absolute atomic E-state index is 0.748. The van der Waals surface area contributed by atoms with Crippen LogP contribution in [-0.2, 0) is 0 Å². The van der Waals surface area contributed by atoms with E-state index < -0.39 is 0 Å². The number of para-hydroxylation sites is 1.